The molecule has 0 heterocycles. The smallest absolute Gasteiger partial charge is 0.326 e. The van der Waals surface area contributed by atoms with Crippen molar-refractivity contribution in [1.29, 1.82) is 0 Å². The van der Waals surface area contributed by atoms with Crippen LogP contribution < -0.4 is 10.6 Å². The monoisotopic (exact) mass is 260 g/mol. The highest BCUT2D eigenvalue weighted by atomic mass is 16.4. The molecule has 7 nitrogen and oxygen atoms in total. The van der Waals surface area contributed by atoms with Crippen LogP contribution in [0.3, 0.4) is 0 Å². The molecule has 2 amide bonds. The molecule has 0 radical (unpaired) electrons. The van der Waals surface area contributed by atoms with Gasteiger partial charge in [-0.1, -0.05) is 20.8 Å². The number of nitrogens with one attached hydrogen (secondary N) is 2. The summed E-state index contributed by atoms with van der Waals surface area (Å²) in [6.07, 6.45) is -0.454. The Morgan fingerprint density at radius 2 is 1.72 bits per heavy atom. The molecule has 0 saturated carbocycles. The summed E-state index contributed by atoms with van der Waals surface area (Å²) in [6, 6.07) is -1.80. The molecular weight excluding hydrogens is 240 g/mol. The van der Waals surface area contributed by atoms with Crippen molar-refractivity contribution in [2.24, 2.45) is 5.41 Å². The van der Waals surface area contributed by atoms with E-state index in [-0.39, 0.29) is 18.3 Å². The molecule has 1 atom stereocenters. The molecule has 0 spiro atoms. The van der Waals surface area contributed by atoms with Gasteiger partial charge in [0.05, 0.1) is 0 Å². The Kier molecular flexibility index (Phi) is 6.15. The van der Waals surface area contributed by atoms with Gasteiger partial charge in [-0.05, 0) is 11.8 Å². The second-order valence-electron chi connectivity index (χ2n) is 5.21. The highest BCUT2D eigenvalue weighted by molar-refractivity contribution is 5.83. The summed E-state index contributed by atoms with van der Waals surface area (Å²) in [6.45, 7) is 6.16. The largest absolute Gasteiger partial charge is 0.481 e. The van der Waals surface area contributed by atoms with E-state index < -0.39 is 24.0 Å². The van der Waals surface area contributed by atoms with Crippen LogP contribution in [0.2, 0.25) is 0 Å². The van der Waals surface area contributed by atoms with E-state index in [1.807, 2.05) is 20.8 Å². The summed E-state index contributed by atoms with van der Waals surface area (Å²) >= 11 is 0. The minimum Gasteiger partial charge on any atom is -0.481 e. The molecule has 0 bridgehead atoms. The number of carbonyl (C=O) groups excluding carboxylic acids is 1. The normalized spacial score (nSPS) is 12.6. The summed E-state index contributed by atoms with van der Waals surface area (Å²) in [7, 11) is 0. The molecular formula is C11H20N2O5. The minimum absolute atomic E-state index is 0.114. The fraction of sp³-hybridized carbons (Fsp3) is 0.727. The van der Waals surface area contributed by atoms with Crippen LogP contribution in [0, 0.1) is 5.41 Å². The number of urea groups is 1. The number of aliphatic carboxylic acids is 2. The molecule has 0 fully saturated rings. The van der Waals surface area contributed by atoms with Crippen molar-refractivity contribution in [3.05, 3.63) is 0 Å². The summed E-state index contributed by atoms with van der Waals surface area (Å²) in [5, 5.41) is 22.1. The lowest BCUT2D eigenvalue weighted by atomic mass is 9.97. The van der Waals surface area contributed by atoms with E-state index >= 15 is 0 Å². The number of hydrogen-bond acceptors (Lipinski definition) is 3. The average molecular weight is 260 g/mol. The summed E-state index contributed by atoms with van der Waals surface area (Å²) in [5.74, 6) is -2.35. The van der Waals surface area contributed by atoms with Crippen molar-refractivity contribution in [1.82, 2.24) is 10.6 Å². The Hall–Kier alpha value is -1.79. The number of carboxylic acids is 2. The highest BCUT2D eigenvalue weighted by Gasteiger charge is 2.21. The van der Waals surface area contributed by atoms with Gasteiger partial charge in [-0.25, -0.2) is 9.59 Å². The van der Waals surface area contributed by atoms with E-state index in [0.29, 0.717) is 6.54 Å². The molecule has 0 aliphatic carbocycles. The zero-order chi connectivity index (χ0) is 14.3. The van der Waals surface area contributed by atoms with Crippen LogP contribution in [0.15, 0.2) is 0 Å². The van der Waals surface area contributed by atoms with Crippen LogP contribution in [0.4, 0.5) is 4.79 Å². The van der Waals surface area contributed by atoms with Gasteiger partial charge in [-0.3, -0.25) is 4.79 Å². The van der Waals surface area contributed by atoms with Gasteiger partial charge in [-0.15, -0.1) is 0 Å². The molecule has 18 heavy (non-hydrogen) atoms. The SMILES string of the molecule is CC(C)(C)CNC(=O)NC(CCC(=O)O)C(=O)O. The van der Waals surface area contributed by atoms with Crippen molar-refractivity contribution < 1.29 is 24.6 Å². The molecule has 0 aliphatic heterocycles. The van der Waals surface area contributed by atoms with E-state index in [1.165, 1.54) is 0 Å². The molecule has 0 saturated heterocycles. The van der Waals surface area contributed by atoms with Crippen LogP contribution in [0.5, 0.6) is 0 Å². The summed E-state index contributed by atoms with van der Waals surface area (Å²) in [5.41, 5.74) is -0.114. The molecule has 0 aromatic carbocycles. The molecule has 0 aromatic heterocycles. The number of hydrogen-bond donors (Lipinski definition) is 4. The molecule has 7 heteroatoms. The Morgan fingerprint density at radius 1 is 1.17 bits per heavy atom. The molecule has 0 aromatic rings. The number of carbonyl (C=O) groups is 3. The van der Waals surface area contributed by atoms with Gasteiger partial charge in [-0.2, -0.15) is 0 Å². The Bertz CT molecular complexity index is 322. The maximum atomic E-state index is 11.4. The van der Waals surface area contributed by atoms with Gasteiger partial charge in [0.25, 0.3) is 0 Å². The zero-order valence-electron chi connectivity index (χ0n) is 10.8. The Labute approximate surface area is 106 Å². The maximum Gasteiger partial charge on any atom is 0.326 e. The lowest BCUT2D eigenvalue weighted by molar-refractivity contribution is -0.140. The topological polar surface area (TPSA) is 116 Å². The maximum absolute atomic E-state index is 11.4. The average Bonchev–Trinajstić information content (AvgIpc) is 2.19. The van der Waals surface area contributed by atoms with E-state index in [0.717, 1.165) is 0 Å². The first kappa shape index (κ1) is 16.2. The van der Waals surface area contributed by atoms with Crippen LogP contribution in [-0.4, -0.2) is 40.8 Å². The van der Waals surface area contributed by atoms with E-state index in [1.54, 1.807) is 0 Å². The molecule has 1 unspecified atom stereocenters. The zero-order valence-corrected chi connectivity index (χ0v) is 10.8. The van der Waals surface area contributed by atoms with Gasteiger partial charge >= 0.3 is 18.0 Å². The first-order chi connectivity index (χ1) is 8.11. The fourth-order valence-corrected chi connectivity index (χ4v) is 1.08. The third-order valence-electron chi connectivity index (χ3n) is 2.03. The van der Waals surface area contributed by atoms with Crippen molar-refractivity contribution in [2.75, 3.05) is 6.54 Å². The number of carboxylic acid groups (broad SMARTS) is 2. The Morgan fingerprint density at radius 3 is 2.11 bits per heavy atom. The highest BCUT2D eigenvalue weighted by Crippen LogP contribution is 2.10. The van der Waals surface area contributed by atoms with E-state index in [4.69, 9.17) is 10.2 Å². The second-order valence-corrected chi connectivity index (χ2v) is 5.21. The van der Waals surface area contributed by atoms with Gasteiger partial charge in [0.1, 0.15) is 6.04 Å². The molecule has 104 valence electrons. The van der Waals surface area contributed by atoms with Crippen molar-refractivity contribution in [2.45, 2.75) is 39.7 Å². The minimum atomic E-state index is -1.25. The Balaban J connectivity index is 4.20. The lowest BCUT2D eigenvalue weighted by Crippen LogP contribution is -2.47. The van der Waals surface area contributed by atoms with Gasteiger partial charge < -0.3 is 20.8 Å². The molecule has 0 rings (SSSR count). The predicted octanol–water partition coefficient (Wildman–Crippen LogP) is 0.650. The van der Waals surface area contributed by atoms with Crippen LogP contribution >= 0.6 is 0 Å². The standard InChI is InChI=1S/C11H20N2O5/c1-11(2,3)6-12-10(18)13-7(9(16)17)4-5-8(14)15/h7H,4-6H2,1-3H3,(H,14,15)(H,16,17)(H2,12,13,18). The third kappa shape index (κ3) is 8.37. The van der Waals surface area contributed by atoms with Crippen LogP contribution in [0.1, 0.15) is 33.6 Å². The first-order valence-electron chi connectivity index (χ1n) is 5.61. The number of rotatable bonds is 6. The van der Waals surface area contributed by atoms with Crippen LogP contribution in [-0.2, 0) is 9.59 Å². The fourth-order valence-electron chi connectivity index (χ4n) is 1.08. The first-order valence-corrected chi connectivity index (χ1v) is 5.61. The van der Waals surface area contributed by atoms with Crippen molar-refractivity contribution >= 4 is 18.0 Å². The molecule has 0 aliphatic rings. The van der Waals surface area contributed by atoms with Crippen molar-refractivity contribution in [3.8, 4) is 0 Å². The van der Waals surface area contributed by atoms with Gasteiger partial charge in [0.2, 0.25) is 0 Å². The quantitative estimate of drug-likeness (QED) is 0.559. The lowest BCUT2D eigenvalue weighted by Gasteiger charge is -2.20. The van der Waals surface area contributed by atoms with Gasteiger partial charge in [0.15, 0.2) is 0 Å². The predicted molar refractivity (Wildman–Crippen MR) is 64.3 cm³/mol. The second kappa shape index (κ2) is 6.83. The van der Waals surface area contributed by atoms with E-state index in [2.05, 4.69) is 10.6 Å². The summed E-state index contributed by atoms with van der Waals surface area (Å²) in [4.78, 5) is 32.6. The van der Waals surface area contributed by atoms with Crippen LogP contribution in [0.25, 0.3) is 0 Å². The third-order valence-corrected chi connectivity index (χ3v) is 2.03. The van der Waals surface area contributed by atoms with E-state index in [9.17, 15) is 14.4 Å². The summed E-state index contributed by atoms with van der Waals surface area (Å²) < 4.78 is 0. The molecule has 4 N–H and O–H groups in total. The van der Waals surface area contributed by atoms with Gasteiger partial charge in [0, 0.05) is 13.0 Å². The number of amides is 2. The van der Waals surface area contributed by atoms with Crippen molar-refractivity contribution in [3.63, 3.8) is 0 Å².